The number of likely N-dealkylation sites (N-methyl/N-ethyl adjacent to an activating group) is 3. The maximum absolute atomic E-state index is 11.8. The molecule has 90 valence electrons. The van der Waals surface area contributed by atoms with E-state index < -0.39 is 0 Å². The summed E-state index contributed by atoms with van der Waals surface area (Å²) in [5.41, 5.74) is 0. The van der Waals surface area contributed by atoms with Gasteiger partial charge in [0.05, 0.1) is 6.54 Å². The van der Waals surface area contributed by atoms with E-state index in [4.69, 9.17) is 0 Å². The highest BCUT2D eigenvalue weighted by Gasteiger charge is 2.17. The summed E-state index contributed by atoms with van der Waals surface area (Å²) in [7, 11) is 4.05. The highest BCUT2D eigenvalue weighted by atomic mass is 16.2. The summed E-state index contributed by atoms with van der Waals surface area (Å²) in [4.78, 5) is 15.8. The second-order valence-electron chi connectivity index (χ2n) is 4.07. The summed E-state index contributed by atoms with van der Waals surface area (Å²) in [6.45, 7) is 9.09. The fourth-order valence-electron chi connectivity index (χ4n) is 1.69. The van der Waals surface area contributed by atoms with Crippen LogP contribution in [0.4, 0.5) is 0 Å². The van der Waals surface area contributed by atoms with Crippen LogP contribution in [-0.2, 0) is 4.79 Å². The third-order valence-electron chi connectivity index (χ3n) is 2.35. The molecule has 0 aromatic carbocycles. The van der Waals surface area contributed by atoms with Crippen molar-refractivity contribution in [3.05, 3.63) is 0 Å². The smallest absolute Gasteiger partial charge is 0.236 e. The summed E-state index contributed by atoms with van der Waals surface area (Å²) >= 11 is 0. The Morgan fingerprint density at radius 2 is 1.93 bits per heavy atom. The Morgan fingerprint density at radius 1 is 1.33 bits per heavy atom. The predicted octanol–water partition coefficient (Wildman–Crippen LogP) is 0.395. The van der Waals surface area contributed by atoms with Crippen LogP contribution in [0.2, 0.25) is 0 Å². The van der Waals surface area contributed by atoms with Crippen molar-refractivity contribution < 1.29 is 4.79 Å². The average molecular weight is 215 g/mol. The molecule has 0 saturated heterocycles. The van der Waals surface area contributed by atoms with Crippen molar-refractivity contribution in [2.45, 2.75) is 26.8 Å². The fraction of sp³-hybridized carbons (Fsp3) is 0.909. The van der Waals surface area contributed by atoms with E-state index >= 15 is 0 Å². The lowest BCUT2D eigenvalue weighted by molar-refractivity contribution is -0.132. The van der Waals surface area contributed by atoms with Gasteiger partial charge in [-0.15, -0.1) is 0 Å². The maximum atomic E-state index is 11.8. The van der Waals surface area contributed by atoms with Crippen LogP contribution in [0.25, 0.3) is 0 Å². The Balaban J connectivity index is 4.14. The molecule has 1 atom stereocenters. The molecule has 0 bridgehead atoms. The van der Waals surface area contributed by atoms with Crippen LogP contribution in [-0.4, -0.2) is 62.0 Å². The minimum Gasteiger partial charge on any atom is -0.338 e. The van der Waals surface area contributed by atoms with Crippen molar-refractivity contribution in [1.82, 2.24) is 15.1 Å². The van der Waals surface area contributed by atoms with Crippen LogP contribution >= 0.6 is 0 Å². The first-order chi connectivity index (χ1) is 7.02. The molecule has 15 heavy (non-hydrogen) atoms. The number of carbonyl (C=O) groups is 1. The lowest BCUT2D eigenvalue weighted by atomic mass is 10.2. The second-order valence-corrected chi connectivity index (χ2v) is 4.07. The van der Waals surface area contributed by atoms with Crippen molar-refractivity contribution in [2.24, 2.45) is 0 Å². The maximum Gasteiger partial charge on any atom is 0.236 e. The molecule has 0 aromatic heterocycles. The molecule has 0 aliphatic heterocycles. The molecular formula is C11H25N3O. The van der Waals surface area contributed by atoms with Gasteiger partial charge in [0.2, 0.25) is 5.91 Å². The number of hydrogen-bond acceptors (Lipinski definition) is 3. The second kappa shape index (κ2) is 7.65. The number of nitrogens with one attached hydrogen (secondary N) is 1. The zero-order valence-corrected chi connectivity index (χ0v) is 10.7. The van der Waals surface area contributed by atoms with Gasteiger partial charge in [-0.25, -0.2) is 0 Å². The topological polar surface area (TPSA) is 35.6 Å². The van der Waals surface area contributed by atoms with E-state index in [0.29, 0.717) is 6.54 Å². The van der Waals surface area contributed by atoms with E-state index in [1.807, 2.05) is 32.8 Å². The molecule has 4 heteroatoms. The molecule has 0 radical (unpaired) electrons. The predicted molar refractivity (Wildman–Crippen MR) is 63.9 cm³/mol. The SMILES string of the molecule is CCNCC(=O)N(CC)C(C)CN(C)C. The summed E-state index contributed by atoms with van der Waals surface area (Å²) < 4.78 is 0. The zero-order valence-electron chi connectivity index (χ0n) is 10.7. The molecule has 1 N–H and O–H groups in total. The molecule has 0 fully saturated rings. The van der Waals surface area contributed by atoms with E-state index in [-0.39, 0.29) is 11.9 Å². The van der Waals surface area contributed by atoms with Crippen LogP contribution in [0, 0.1) is 0 Å². The number of nitrogens with zero attached hydrogens (tertiary/aromatic N) is 2. The molecule has 0 heterocycles. The summed E-state index contributed by atoms with van der Waals surface area (Å²) in [6, 6.07) is 0.274. The monoisotopic (exact) mass is 215 g/mol. The molecule has 0 saturated carbocycles. The van der Waals surface area contributed by atoms with Gasteiger partial charge in [-0.1, -0.05) is 6.92 Å². The number of rotatable bonds is 7. The van der Waals surface area contributed by atoms with Crippen LogP contribution < -0.4 is 5.32 Å². The van der Waals surface area contributed by atoms with Crippen molar-refractivity contribution in [3.8, 4) is 0 Å². The summed E-state index contributed by atoms with van der Waals surface area (Å²) in [5, 5.41) is 3.07. The molecule has 1 amide bonds. The quantitative estimate of drug-likeness (QED) is 0.667. The van der Waals surface area contributed by atoms with Gasteiger partial charge in [-0.2, -0.15) is 0 Å². The minimum absolute atomic E-state index is 0.189. The van der Waals surface area contributed by atoms with E-state index in [0.717, 1.165) is 19.6 Å². The number of hydrogen-bond donors (Lipinski definition) is 1. The van der Waals surface area contributed by atoms with Gasteiger partial charge >= 0.3 is 0 Å². The van der Waals surface area contributed by atoms with Gasteiger partial charge in [0.25, 0.3) is 0 Å². The lowest BCUT2D eigenvalue weighted by Crippen LogP contribution is -2.46. The number of amides is 1. The summed E-state index contributed by atoms with van der Waals surface area (Å²) in [6.07, 6.45) is 0. The standard InChI is InChI=1S/C11H25N3O/c1-6-12-8-11(15)14(7-2)10(3)9-13(4)5/h10,12H,6-9H2,1-5H3. The van der Waals surface area contributed by atoms with Gasteiger partial charge in [0.15, 0.2) is 0 Å². The van der Waals surface area contributed by atoms with Gasteiger partial charge in [-0.05, 0) is 34.5 Å². The van der Waals surface area contributed by atoms with Crippen molar-refractivity contribution in [2.75, 3.05) is 40.3 Å². The van der Waals surface area contributed by atoms with E-state index in [9.17, 15) is 4.79 Å². The first-order valence-electron chi connectivity index (χ1n) is 5.67. The Labute approximate surface area is 93.6 Å². The van der Waals surface area contributed by atoms with Gasteiger partial charge < -0.3 is 15.1 Å². The Kier molecular flexibility index (Phi) is 7.34. The average Bonchev–Trinajstić information content (AvgIpc) is 2.14. The largest absolute Gasteiger partial charge is 0.338 e. The number of carbonyl (C=O) groups excluding carboxylic acids is 1. The first-order valence-corrected chi connectivity index (χ1v) is 5.67. The van der Waals surface area contributed by atoms with Crippen molar-refractivity contribution in [1.29, 1.82) is 0 Å². The fourth-order valence-corrected chi connectivity index (χ4v) is 1.69. The van der Waals surface area contributed by atoms with Crippen molar-refractivity contribution in [3.63, 3.8) is 0 Å². The highest BCUT2D eigenvalue weighted by Crippen LogP contribution is 2.00. The molecular weight excluding hydrogens is 190 g/mol. The van der Waals surface area contributed by atoms with Crippen LogP contribution in [0.3, 0.4) is 0 Å². The summed E-state index contributed by atoms with van der Waals surface area (Å²) in [5.74, 6) is 0.189. The normalized spacial score (nSPS) is 12.9. The Bertz CT molecular complexity index is 183. The first kappa shape index (κ1) is 14.4. The zero-order chi connectivity index (χ0) is 11.8. The lowest BCUT2D eigenvalue weighted by Gasteiger charge is -2.30. The molecule has 0 rings (SSSR count). The Morgan fingerprint density at radius 3 is 2.33 bits per heavy atom. The molecule has 4 nitrogen and oxygen atoms in total. The van der Waals surface area contributed by atoms with Gasteiger partial charge in [0.1, 0.15) is 0 Å². The minimum atomic E-state index is 0.189. The molecule has 0 aromatic rings. The van der Waals surface area contributed by atoms with Crippen LogP contribution in [0.5, 0.6) is 0 Å². The van der Waals surface area contributed by atoms with Crippen LogP contribution in [0.1, 0.15) is 20.8 Å². The third-order valence-corrected chi connectivity index (χ3v) is 2.35. The third kappa shape index (κ3) is 5.74. The molecule has 0 aliphatic carbocycles. The van der Waals surface area contributed by atoms with Gasteiger partial charge in [-0.3, -0.25) is 4.79 Å². The highest BCUT2D eigenvalue weighted by molar-refractivity contribution is 5.78. The van der Waals surface area contributed by atoms with E-state index in [1.54, 1.807) is 0 Å². The van der Waals surface area contributed by atoms with Crippen molar-refractivity contribution >= 4 is 5.91 Å². The van der Waals surface area contributed by atoms with Gasteiger partial charge in [0, 0.05) is 19.1 Å². The molecule has 0 aliphatic rings. The van der Waals surface area contributed by atoms with E-state index in [1.165, 1.54) is 0 Å². The molecule has 0 spiro atoms. The van der Waals surface area contributed by atoms with E-state index in [2.05, 4.69) is 17.1 Å². The molecule has 1 unspecified atom stereocenters. The van der Waals surface area contributed by atoms with Crippen LogP contribution in [0.15, 0.2) is 0 Å². The Hall–Kier alpha value is -0.610.